The molecule has 2 unspecified atom stereocenters. The Morgan fingerprint density at radius 3 is 2.62 bits per heavy atom. The molecule has 29 heavy (non-hydrogen) atoms. The lowest BCUT2D eigenvalue weighted by Gasteiger charge is -2.31. The van der Waals surface area contributed by atoms with Crippen molar-refractivity contribution in [3.63, 3.8) is 0 Å². The Morgan fingerprint density at radius 2 is 1.97 bits per heavy atom. The number of methoxy groups -OCH3 is 1. The Bertz CT molecular complexity index is 767. The van der Waals surface area contributed by atoms with Gasteiger partial charge in [0.25, 0.3) is 0 Å². The smallest absolute Gasteiger partial charge is 0.124 e. The summed E-state index contributed by atoms with van der Waals surface area (Å²) in [6.45, 7) is 13.0. The van der Waals surface area contributed by atoms with Gasteiger partial charge in [0.2, 0.25) is 0 Å². The molecule has 0 saturated carbocycles. The van der Waals surface area contributed by atoms with Crippen LogP contribution in [0.3, 0.4) is 0 Å². The molecule has 1 aromatic carbocycles. The van der Waals surface area contributed by atoms with Crippen molar-refractivity contribution in [2.24, 2.45) is 5.92 Å². The van der Waals surface area contributed by atoms with Crippen LogP contribution in [0.25, 0.3) is 11.3 Å². The fourth-order valence-corrected chi connectivity index (χ4v) is 4.73. The average Bonchev–Trinajstić information content (AvgIpc) is 3.14. The van der Waals surface area contributed by atoms with Crippen molar-refractivity contribution < 1.29 is 9.47 Å². The van der Waals surface area contributed by atoms with Gasteiger partial charge in [-0.2, -0.15) is 0 Å². The van der Waals surface area contributed by atoms with Gasteiger partial charge in [0.1, 0.15) is 18.3 Å². The summed E-state index contributed by atoms with van der Waals surface area (Å²) in [6, 6.07) is 9.34. The summed E-state index contributed by atoms with van der Waals surface area (Å²) >= 11 is 0. The highest BCUT2D eigenvalue weighted by Gasteiger charge is 2.29. The summed E-state index contributed by atoms with van der Waals surface area (Å²) in [6.07, 6.45) is 4.56. The molecule has 1 aromatic heterocycles. The molecule has 0 bridgehead atoms. The molecule has 0 radical (unpaired) electrons. The van der Waals surface area contributed by atoms with Gasteiger partial charge in [-0.25, -0.2) is 4.98 Å². The first-order valence-electron chi connectivity index (χ1n) is 10.9. The van der Waals surface area contributed by atoms with Gasteiger partial charge in [-0.3, -0.25) is 0 Å². The van der Waals surface area contributed by atoms with E-state index in [4.69, 9.17) is 14.5 Å². The average molecular weight is 416 g/mol. The number of hydrogen-bond donors (Lipinski definition) is 1. The Hall–Kier alpha value is -1.63. The van der Waals surface area contributed by atoms with Crippen LogP contribution in [0.5, 0.6) is 5.75 Å². The zero-order valence-electron chi connectivity index (χ0n) is 18.7. The van der Waals surface area contributed by atoms with Crippen LogP contribution < -0.4 is 10.1 Å². The summed E-state index contributed by atoms with van der Waals surface area (Å²) in [5.74, 6) is 3.12. The number of hydrogen-bond acceptors (Lipinski definition) is 4. The third-order valence-electron chi connectivity index (χ3n) is 5.90. The maximum absolute atomic E-state index is 6.10. The number of piperidine rings is 1. The van der Waals surface area contributed by atoms with Crippen molar-refractivity contribution in [2.75, 3.05) is 26.8 Å². The van der Waals surface area contributed by atoms with Crippen LogP contribution >= 0.6 is 0 Å². The first-order chi connectivity index (χ1) is 13.9. The second-order valence-corrected chi connectivity index (χ2v) is 14.9. The second kappa shape index (κ2) is 9.91. The minimum Gasteiger partial charge on any atom is -0.497 e. The van der Waals surface area contributed by atoms with Gasteiger partial charge in [0, 0.05) is 38.9 Å². The summed E-state index contributed by atoms with van der Waals surface area (Å²) < 4.78 is 13.6. The van der Waals surface area contributed by atoms with Crippen molar-refractivity contribution >= 4 is 8.07 Å². The van der Waals surface area contributed by atoms with Crippen molar-refractivity contribution in [3.8, 4) is 17.0 Å². The third-order valence-corrected chi connectivity index (χ3v) is 7.61. The van der Waals surface area contributed by atoms with Crippen LogP contribution in [0.1, 0.15) is 31.5 Å². The quantitative estimate of drug-likeness (QED) is 0.464. The van der Waals surface area contributed by atoms with E-state index in [1.165, 1.54) is 18.9 Å². The topological polar surface area (TPSA) is 48.3 Å². The Balaban J connectivity index is 1.83. The van der Waals surface area contributed by atoms with Gasteiger partial charge in [-0.15, -0.1) is 0 Å². The standard InChI is InChI=1S/C23H37N3O2Si/c1-6-18-11-12-24-15-21(18)23-25-22(19-7-9-20(27-2)10-8-19)16-26(23)17-28-13-14-29(3,4)5/h7-10,16,18,21,24H,6,11-15,17H2,1-5H3. The van der Waals surface area contributed by atoms with Gasteiger partial charge in [0.05, 0.1) is 12.8 Å². The zero-order chi connectivity index (χ0) is 20.9. The van der Waals surface area contributed by atoms with E-state index in [-0.39, 0.29) is 0 Å². The van der Waals surface area contributed by atoms with E-state index in [1.807, 2.05) is 12.1 Å². The van der Waals surface area contributed by atoms with Crippen molar-refractivity contribution in [2.45, 2.75) is 58.1 Å². The van der Waals surface area contributed by atoms with Gasteiger partial charge in [0.15, 0.2) is 0 Å². The molecule has 0 aliphatic carbocycles. The first-order valence-corrected chi connectivity index (χ1v) is 14.6. The molecule has 2 aromatic rings. The highest BCUT2D eigenvalue weighted by molar-refractivity contribution is 6.76. The fraction of sp³-hybridized carbons (Fsp3) is 0.609. The summed E-state index contributed by atoms with van der Waals surface area (Å²) in [5.41, 5.74) is 2.13. The highest BCUT2D eigenvalue weighted by Crippen LogP contribution is 2.33. The predicted molar refractivity (Wildman–Crippen MR) is 122 cm³/mol. The molecule has 2 heterocycles. The van der Waals surface area contributed by atoms with Crippen LogP contribution in [0.15, 0.2) is 30.5 Å². The zero-order valence-corrected chi connectivity index (χ0v) is 19.7. The van der Waals surface area contributed by atoms with Crippen LogP contribution in [0.4, 0.5) is 0 Å². The molecular weight excluding hydrogens is 378 g/mol. The number of nitrogens with one attached hydrogen (secondary N) is 1. The summed E-state index contributed by atoms with van der Waals surface area (Å²) in [7, 11) is 0.609. The van der Waals surface area contributed by atoms with E-state index in [2.05, 4.69) is 54.8 Å². The molecule has 0 spiro atoms. The molecule has 2 atom stereocenters. The summed E-state index contributed by atoms with van der Waals surface area (Å²) in [5, 5.41) is 3.57. The van der Waals surface area contributed by atoms with E-state index in [1.54, 1.807) is 7.11 Å². The number of imidazole rings is 1. The molecule has 1 fully saturated rings. The van der Waals surface area contributed by atoms with Gasteiger partial charge in [-0.1, -0.05) is 33.0 Å². The third kappa shape index (κ3) is 5.93. The Morgan fingerprint density at radius 1 is 1.21 bits per heavy atom. The lowest BCUT2D eigenvalue weighted by atomic mass is 9.84. The van der Waals surface area contributed by atoms with Gasteiger partial charge >= 0.3 is 0 Å². The summed E-state index contributed by atoms with van der Waals surface area (Å²) in [4.78, 5) is 5.10. The van der Waals surface area contributed by atoms with E-state index in [0.29, 0.717) is 18.6 Å². The molecule has 0 amide bonds. The molecule has 3 rings (SSSR count). The maximum atomic E-state index is 6.10. The number of benzene rings is 1. The van der Waals surface area contributed by atoms with E-state index in [9.17, 15) is 0 Å². The monoisotopic (exact) mass is 415 g/mol. The van der Waals surface area contributed by atoms with Crippen LogP contribution in [0, 0.1) is 5.92 Å². The van der Waals surface area contributed by atoms with Gasteiger partial charge in [-0.05, 0) is 49.2 Å². The second-order valence-electron chi connectivity index (χ2n) is 9.30. The lowest BCUT2D eigenvalue weighted by molar-refractivity contribution is 0.0827. The van der Waals surface area contributed by atoms with Crippen LogP contribution in [0.2, 0.25) is 25.7 Å². The van der Waals surface area contributed by atoms with Crippen LogP contribution in [-0.2, 0) is 11.5 Å². The van der Waals surface area contributed by atoms with Crippen molar-refractivity contribution in [3.05, 3.63) is 36.3 Å². The van der Waals surface area contributed by atoms with Crippen LogP contribution in [-0.4, -0.2) is 44.4 Å². The maximum Gasteiger partial charge on any atom is 0.124 e. The van der Waals surface area contributed by atoms with Gasteiger partial charge < -0.3 is 19.4 Å². The van der Waals surface area contributed by atoms with E-state index >= 15 is 0 Å². The number of ether oxygens (including phenoxy) is 2. The first kappa shape index (κ1) is 22.1. The minimum absolute atomic E-state index is 0.432. The lowest BCUT2D eigenvalue weighted by Crippen LogP contribution is -2.36. The normalized spacial score (nSPS) is 20.0. The Kier molecular flexibility index (Phi) is 7.54. The molecule has 6 heteroatoms. The van der Waals surface area contributed by atoms with Crippen molar-refractivity contribution in [1.29, 1.82) is 0 Å². The number of nitrogens with zero attached hydrogens (tertiary/aromatic N) is 2. The molecule has 1 saturated heterocycles. The molecule has 1 N–H and O–H groups in total. The Labute approximate surface area is 176 Å². The largest absolute Gasteiger partial charge is 0.497 e. The minimum atomic E-state index is -1.09. The number of rotatable bonds is 9. The molecule has 1 aliphatic rings. The highest BCUT2D eigenvalue weighted by atomic mass is 28.3. The SMILES string of the molecule is CCC1CCNCC1c1nc(-c2ccc(OC)cc2)cn1COCC[Si](C)(C)C. The molecule has 160 valence electrons. The fourth-order valence-electron chi connectivity index (χ4n) is 3.98. The van der Waals surface area contributed by atoms with Crippen molar-refractivity contribution in [1.82, 2.24) is 14.9 Å². The molecular formula is C23H37N3O2Si. The van der Waals surface area contributed by atoms with E-state index in [0.717, 1.165) is 42.5 Å². The molecule has 1 aliphatic heterocycles. The number of aromatic nitrogens is 2. The van der Waals surface area contributed by atoms with E-state index < -0.39 is 8.07 Å². The molecule has 5 nitrogen and oxygen atoms in total. The predicted octanol–water partition coefficient (Wildman–Crippen LogP) is 4.97.